The first kappa shape index (κ1) is 21.2. The Balaban J connectivity index is 1.57. The number of aromatic hydroxyl groups is 1. The first-order valence-corrected chi connectivity index (χ1v) is 9.69. The Morgan fingerprint density at radius 3 is 2.40 bits per heavy atom. The SMILES string of the molecule is COc1cccc(COc2ccc(CNC(CC(N)=O)c3ccc(O)cc3)cc2)c1. The Labute approximate surface area is 176 Å². The van der Waals surface area contributed by atoms with E-state index in [1.165, 1.54) is 0 Å². The summed E-state index contributed by atoms with van der Waals surface area (Å²) in [6.45, 7) is 1.02. The lowest BCUT2D eigenvalue weighted by molar-refractivity contribution is -0.118. The predicted octanol–water partition coefficient (Wildman–Crippen LogP) is 3.69. The molecule has 6 nitrogen and oxygen atoms in total. The van der Waals surface area contributed by atoms with E-state index in [1.807, 2.05) is 48.5 Å². The quantitative estimate of drug-likeness (QED) is 0.477. The summed E-state index contributed by atoms with van der Waals surface area (Å²) >= 11 is 0. The molecular weight excluding hydrogens is 380 g/mol. The highest BCUT2D eigenvalue weighted by molar-refractivity contribution is 5.74. The fraction of sp³-hybridized carbons (Fsp3) is 0.208. The molecule has 0 aliphatic heterocycles. The summed E-state index contributed by atoms with van der Waals surface area (Å²) in [6, 6.07) is 22.1. The third-order valence-corrected chi connectivity index (χ3v) is 4.72. The van der Waals surface area contributed by atoms with Crippen LogP contribution in [-0.2, 0) is 17.9 Å². The molecule has 0 aromatic heterocycles. The molecule has 3 rings (SSSR count). The summed E-state index contributed by atoms with van der Waals surface area (Å²) in [4.78, 5) is 11.4. The van der Waals surface area contributed by atoms with Gasteiger partial charge in [-0.05, 0) is 53.1 Å². The lowest BCUT2D eigenvalue weighted by Gasteiger charge is -2.18. The van der Waals surface area contributed by atoms with Crippen LogP contribution in [0.1, 0.15) is 29.2 Å². The standard InChI is InChI=1S/C24H26N2O4/c1-29-22-4-2-3-18(13-22)16-30-21-11-5-17(6-12-21)15-26-23(14-24(25)28)19-7-9-20(27)10-8-19/h2-13,23,26-27H,14-16H2,1H3,(H2,25,28). The van der Waals surface area contributed by atoms with Gasteiger partial charge in [-0.2, -0.15) is 0 Å². The highest BCUT2D eigenvalue weighted by Gasteiger charge is 2.14. The van der Waals surface area contributed by atoms with E-state index in [4.69, 9.17) is 15.2 Å². The maximum atomic E-state index is 11.4. The van der Waals surface area contributed by atoms with Crippen molar-refractivity contribution in [1.29, 1.82) is 0 Å². The number of carbonyl (C=O) groups excluding carboxylic acids is 1. The Hall–Kier alpha value is -3.51. The van der Waals surface area contributed by atoms with Crippen molar-refractivity contribution in [2.75, 3.05) is 7.11 Å². The molecule has 3 aromatic carbocycles. The molecular formula is C24H26N2O4. The van der Waals surface area contributed by atoms with Crippen molar-refractivity contribution in [1.82, 2.24) is 5.32 Å². The van der Waals surface area contributed by atoms with Crippen LogP contribution in [0.2, 0.25) is 0 Å². The monoisotopic (exact) mass is 406 g/mol. The van der Waals surface area contributed by atoms with Gasteiger partial charge in [0.15, 0.2) is 0 Å². The van der Waals surface area contributed by atoms with Crippen LogP contribution in [0, 0.1) is 0 Å². The van der Waals surface area contributed by atoms with Crippen LogP contribution >= 0.6 is 0 Å². The topological polar surface area (TPSA) is 93.8 Å². The Kier molecular flexibility index (Phi) is 7.29. The number of hydrogen-bond acceptors (Lipinski definition) is 5. The van der Waals surface area contributed by atoms with Crippen LogP contribution in [0.4, 0.5) is 0 Å². The molecule has 0 aliphatic rings. The average molecular weight is 406 g/mol. The van der Waals surface area contributed by atoms with Gasteiger partial charge in [0.05, 0.1) is 7.11 Å². The van der Waals surface area contributed by atoms with E-state index in [1.54, 1.807) is 31.4 Å². The van der Waals surface area contributed by atoms with Crippen LogP contribution in [-0.4, -0.2) is 18.1 Å². The predicted molar refractivity (Wildman–Crippen MR) is 115 cm³/mol. The normalized spacial score (nSPS) is 11.6. The molecule has 3 aromatic rings. The van der Waals surface area contributed by atoms with E-state index in [9.17, 15) is 9.90 Å². The van der Waals surface area contributed by atoms with Crippen LogP contribution in [0.3, 0.4) is 0 Å². The Morgan fingerprint density at radius 1 is 1.00 bits per heavy atom. The lowest BCUT2D eigenvalue weighted by Crippen LogP contribution is -2.26. The zero-order valence-electron chi connectivity index (χ0n) is 16.9. The molecule has 0 fully saturated rings. The molecule has 0 heterocycles. The van der Waals surface area contributed by atoms with Crippen LogP contribution in [0.15, 0.2) is 72.8 Å². The third-order valence-electron chi connectivity index (χ3n) is 4.72. The van der Waals surface area contributed by atoms with E-state index in [0.29, 0.717) is 13.2 Å². The molecule has 1 atom stereocenters. The van der Waals surface area contributed by atoms with Gasteiger partial charge in [-0.3, -0.25) is 4.79 Å². The summed E-state index contributed by atoms with van der Waals surface area (Å²) in [7, 11) is 1.64. The summed E-state index contributed by atoms with van der Waals surface area (Å²) in [5.41, 5.74) is 8.37. The number of amides is 1. The second kappa shape index (κ2) is 10.3. The smallest absolute Gasteiger partial charge is 0.219 e. The fourth-order valence-corrected chi connectivity index (χ4v) is 3.09. The second-order valence-electron chi connectivity index (χ2n) is 6.98. The first-order valence-electron chi connectivity index (χ1n) is 9.69. The number of primary amides is 1. The zero-order chi connectivity index (χ0) is 21.3. The van der Waals surface area contributed by atoms with Crippen molar-refractivity contribution in [2.24, 2.45) is 5.73 Å². The van der Waals surface area contributed by atoms with Gasteiger partial charge < -0.3 is 25.6 Å². The van der Waals surface area contributed by atoms with Crippen molar-refractivity contribution in [3.8, 4) is 17.2 Å². The summed E-state index contributed by atoms with van der Waals surface area (Å²) in [5, 5.41) is 12.8. The number of ether oxygens (including phenoxy) is 2. The zero-order valence-corrected chi connectivity index (χ0v) is 16.9. The highest BCUT2D eigenvalue weighted by atomic mass is 16.5. The van der Waals surface area contributed by atoms with Gasteiger partial charge >= 0.3 is 0 Å². The number of rotatable bonds is 10. The molecule has 0 radical (unpaired) electrons. The molecule has 0 saturated carbocycles. The first-order chi connectivity index (χ1) is 14.5. The minimum Gasteiger partial charge on any atom is -0.508 e. The van der Waals surface area contributed by atoms with Crippen molar-refractivity contribution in [3.63, 3.8) is 0 Å². The molecule has 0 bridgehead atoms. The van der Waals surface area contributed by atoms with E-state index >= 15 is 0 Å². The molecule has 4 N–H and O–H groups in total. The molecule has 1 amide bonds. The number of benzene rings is 3. The summed E-state index contributed by atoms with van der Waals surface area (Å²) < 4.78 is 11.1. The molecule has 0 saturated heterocycles. The Morgan fingerprint density at radius 2 is 1.73 bits per heavy atom. The number of phenols is 1. The molecule has 0 spiro atoms. The number of hydrogen-bond donors (Lipinski definition) is 3. The van der Waals surface area contributed by atoms with E-state index < -0.39 is 0 Å². The van der Waals surface area contributed by atoms with Gasteiger partial charge in [-0.15, -0.1) is 0 Å². The van der Waals surface area contributed by atoms with Crippen LogP contribution < -0.4 is 20.5 Å². The van der Waals surface area contributed by atoms with E-state index in [-0.39, 0.29) is 24.1 Å². The Bertz CT molecular complexity index is 956. The second-order valence-corrected chi connectivity index (χ2v) is 6.98. The number of nitrogens with one attached hydrogen (secondary N) is 1. The molecule has 1 unspecified atom stereocenters. The minimum atomic E-state index is -0.387. The van der Waals surface area contributed by atoms with Crippen LogP contribution in [0.25, 0.3) is 0 Å². The lowest BCUT2D eigenvalue weighted by atomic mass is 10.0. The summed E-state index contributed by atoms with van der Waals surface area (Å²) in [6.07, 6.45) is 0.173. The van der Waals surface area contributed by atoms with E-state index in [2.05, 4.69) is 5.32 Å². The molecule has 30 heavy (non-hydrogen) atoms. The number of nitrogens with two attached hydrogens (primary N) is 1. The van der Waals surface area contributed by atoms with Crippen molar-refractivity contribution in [2.45, 2.75) is 25.6 Å². The summed E-state index contributed by atoms with van der Waals surface area (Å²) in [5.74, 6) is 1.37. The van der Waals surface area contributed by atoms with Gasteiger partial charge in [0.2, 0.25) is 5.91 Å². The van der Waals surface area contributed by atoms with Gasteiger partial charge in [0.1, 0.15) is 23.9 Å². The van der Waals surface area contributed by atoms with Gasteiger partial charge in [-0.1, -0.05) is 36.4 Å². The molecule has 0 aliphatic carbocycles. The van der Waals surface area contributed by atoms with Crippen molar-refractivity contribution < 1.29 is 19.4 Å². The largest absolute Gasteiger partial charge is 0.508 e. The fourth-order valence-electron chi connectivity index (χ4n) is 3.09. The minimum absolute atomic E-state index is 0.173. The van der Waals surface area contributed by atoms with Crippen LogP contribution in [0.5, 0.6) is 17.2 Å². The number of carbonyl (C=O) groups is 1. The van der Waals surface area contributed by atoms with Crippen molar-refractivity contribution >= 4 is 5.91 Å². The van der Waals surface area contributed by atoms with Crippen molar-refractivity contribution in [3.05, 3.63) is 89.5 Å². The number of methoxy groups -OCH3 is 1. The average Bonchev–Trinajstić information content (AvgIpc) is 2.76. The molecule has 156 valence electrons. The third kappa shape index (κ3) is 6.25. The van der Waals surface area contributed by atoms with Gasteiger partial charge in [-0.25, -0.2) is 0 Å². The van der Waals surface area contributed by atoms with Gasteiger partial charge in [0, 0.05) is 19.0 Å². The van der Waals surface area contributed by atoms with E-state index in [0.717, 1.165) is 28.2 Å². The maximum absolute atomic E-state index is 11.4. The number of phenolic OH excluding ortho intramolecular Hbond substituents is 1. The van der Waals surface area contributed by atoms with Gasteiger partial charge in [0.25, 0.3) is 0 Å². The maximum Gasteiger partial charge on any atom is 0.219 e. The molecule has 6 heteroatoms. The highest BCUT2D eigenvalue weighted by Crippen LogP contribution is 2.21.